The van der Waals surface area contributed by atoms with E-state index in [0.717, 1.165) is 0 Å². The van der Waals surface area contributed by atoms with Gasteiger partial charge in [0.15, 0.2) is 5.43 Å². The molecule has 0 bridgehead atoms. The third-order valence-corrected chi connectivity index (χ3v) is 5.16. The molecule has 0 radical (unpaired) electrons. The van der Waals surface area contributed by atoms with E-state index < -0.39 is 17.7 Å². The van der Waals surface area contributed by atoms with E-state index in [4.69, 9.17) is 0 Å². The summed E-state index contributed by atoms with van der Waals surface area (Å²) in [6.07, 6.45) is 0.0376. The van der Waals surface area contributed by atoms with Crippen molar-refractivity contribution < 1.29 is 13.6 Å². The maximum absolute atomic E-state index is 13.9. The van der Waals surface area contributed by atoms with Crippen LogP contribution in [0.3, 0.4) is 0 Å². The van der Waals surface area contributed by atoms with Gasteiger partial charge in [-0.15, -0.1) is 0 Å². The van der Waals surface area contributed by atoms with Gasteiger partial charge in [0.2, 0.25) is 5.91 Å². The lowest BCUT2D eigenvalue weighted by Crippen LogP contribution is -2.37. The lowest BCUT2D eigenvalue weighted by atomic mass is 10.1. The fraction of sp³-hybridized carbons (Fsp3) is 0.167. The van der Waals surface area contributed by atoms with Gasteiger partial charge in [-0.05, 0) is 49.7 Å². The molecule has 1 heterocycles. The Bertz CT molecular complexity index is 1230. The van der Waals surface area contributed by atoms with Crippen LogP contribution in [-0.2, 0) is 17.8 Å². The van der Waals surface area contributed by atoms with Gasteiger partial charge in [-0.1, -0.05) is 30.3 Å². The number of aromatic nitrogens is 1. The third-order valence-electron chi connectivity index (χ3n) is 5.16. The third kappa shape index (κ3) is 3.68. The Balaban J connectivity index is 1.63. The monoisotopic (exact) mass is 406 g/mol. The summed E-state index contributed by atoms with van der Waals surface area (Å²) < 4.78 is 29.6. The molecule has 1 unspecified atom stereocenters. The average molecular weight is 406 g/mol. The summed E-state index contributed by atoms with van der Waals surface area (Å²) in [7, 11) is 0. The highest BCUT2D eigenvalue weighted by molar-refractivity contribution is 5.94. The van der Waals surface area contributed by atoms with Gasteiger partial charge in [-0.2, -0.15) is 0 Å². The van der Waals surface area contributed by atoms with Gasteiger partial charge >= 0.3 is 0 Å². The van der Waals surface area contributed by atoms with Crippen LogP contribution in [0.4, 0.5) is 8.78 Å². The largest absolute Gasteiger partial charge is 0.352 e. The second-order valence-electron chi connectivity index (χ2n) is 7.32. The molecule has 0 aliphatic carbocycles. The lowest BCUT2D eigenvalue weighted by Gasteiger charge is -2.18. The average Bonchev–Trinajstić information content (AvgIpc) is 2.74. The fourth-order valence-electron chi connectivity index (χ4n) is 3.80. The quantitative estimate of drug-likeness (QED) is 0.506. The van der Waals surface area contributed by atoms with Crippen LogP contribution in [-0.4, -0.2) is 16.5 Å². The van der Waals surface area contributed by atoms with Crippen LogP contribution in [0.5, 0.6) is 0 Å². The molecule has 6 heteroatoms. The van der Waals surface area contributed by atoms with Crippen molar-refractivity contribution in [2.75, 3.05) is 0 Å². The van der Waals surface area contributed by atoms with E-state index in [0.29, 0.717) is 21.8 Å². The number of benzene rings is 3. The molecule has 1 aromatic heterocycles. The smallest absolute Gasteiger partial charge is 0.240 e. The zero-order valence-corrected chi connectivity index (χ0v) is 16.4. The summed E-state index contributed by atoms with van der Waals surface area (Å²) >= 11 is 0. The number of nitrogens with one attached hydrogen (secondary N) is 1. The minimum absolute atomic E-state index is 0.0224. The van der Waals surface area contributed by atoms with E-state index in [9.17, 15) is 18.4 Å². The number of fused-ring (bicyclic) bond motifs is 2. The Labute approximate surface area is 171 Å². The standard InChI is InChI=1S/C24H20F2N2O2/c1-15(13-18-19(25)9-6-10-20(18)26)27-23(29)14-28-21-11-4-2-7-16(21)24(30)17-8-3-5-12-22(17)28/h2-12,15H,13-14H2,1H3,(H,27,29). The Morgan fingerprint density at radius 1 is 0.900 bits per heavy atom. The number of carbonyl (C=O) groups is 1. The molecular weight excluding hydrogens is 386 g/mol. The van der Waals surface area contributed by atoms with Gasteiger partial charge in [0.1, 0.15) is 18.2 Å². The molecule has 4 aromatic rings. The number of pyridine rings is 1. The van der Waals surface area contributed by atoms with Crippen molar-refractivity contribution in [3.8, 4) is 0 Å². The highest BCUT2D eigenvalue weighted by Gasteiger charge is 2.16. The van der Waals surface area contributed by atoms with Crippen LogP contribution in [0.2, 0.25) is 0 Å². The topological polar surface area (TPSA) is 51.1 Å². The molecule has 0 aliphatic rings. The minimum Gasteiger partial charge on any atom is -0.352 e. The van der Waals surface area contributed by atoms with Crippen LogP contribution in [0, 0.1) is 11.6 Å². The second kappa shape index (κ2) is 8.06. The molecule has 1 amide bonds. The predicted octanol–water partition coefficient (Wildman–Crippen LogP) is 4.18. The maximum Gasteiger partial charge on any atom is 0.240 e. The minimum atomic E-state index is -0.631. The maximum atomic E-state index is 13.9. The Kier molecular flexibility index (Phi) is 5.31. The zero-order valence-electron chi connectivity index (χ0n) is 16.4. The normalized spacial score (nSPS) is 12.2. The van der Waals surface area contributed by atoms with E-state index >= 15 is 0 Å². The lowest BCUT2D eigenvalue weighted by molar-refractivity contribution is -0.122. The van der Waals surface area contributed by atoms with E-state index in [2.05, 4.69) is 5.32 Å². The number of carbonyl (C=O) groups excluding carboxylic acids is 1. The first-order valence-corrected chi connectivity index (χ1v) is 9.68. The molecule has 0 spiro atoms. The summed E-state index contributed by atoms with van der Waals surface area (Å²) in [5.41, 5.74) is 1.18. The van der Waals surface area contributed by atoms with Gasteiger partial charge in [0, 0.05) is 22.4 Å². The van der Waals surface area contributed by atoms with Crippen LogP contribution < -0.4 is 10.7 Å². The van der Waals surface area contributed by atoms with Gasteiger partial charge in [0.25, 0.3) is 0 Å². The highest BCUT2D eigenvalue weighted by Crippen LogP contribution is 2.19. The molecular formula is C24H20F2N2O2. The van der Waals surface area contributed by atoms with Crippen LogP contribution in [0.1, 0.15) is 12.5 Å². The summed E-state index contributed by atoms with van der Waals surface area (Å²) in [6.45, 7) is 1.68. The Morgan fingerprint density at radius 3 is 2.00 bits per heavy atom. The van der Waals surface area contributed by atoms with Crippen molar-refractivity contribution in [1.82, 2.24) is 9.88 Å². The molecule has 152 valence electrons. The van der Waals surface area contributed by atoms with Crippen molar-refractivity contribution in [1.29, 1.82) is 0 Å². The number of hydrogen-bond acceptors (Lipinski definition) is 2. The van der Waals surface area contributed by atoms with Gasteiger partial charge < -0.3 is 9.88 Å². The van der Waals surface area contributed by atoms with Crippen molar-refractivity contribution in [2.45, 2.75) is 25.9 Å². The van der Waals surface area contributed by atoms with Crippen LogP contribution in [0.25, 0.3) is 21.8 Å². The first kappa shape index (κ1) is 19.8. The summed E-state index contributed by atoms with van der Waals surface area (Å²) in [4.78, 5) is 25.5. The van der Waals surface area contributed by atoms with Gasteiger partial charge in [-0.25, -0.2) is 8.78 Å². The molecule has 0 aliphatic heterocycles. The molecule has 0 saturated carbocycles. The van der Waals surface area contributed by atoms with Crippen LogP contribution >= 0.6 is 0 Å². The summed E-state index contributed by atoms with van der Waals surface area (Å²) in [5.74, 6) is -1.57. The molecule has 1 atom stereocenters. The molecule has 4 rings (SSSR count). The summed E-state index contributed by atoms with van der Waals surface area (Å²) in [5, 5.41) is 3.87. The number of hydrogen-bond donors (Lipinski definition) is 1. The molecule has 30 heavy (non-hydrogen) atoms. The van der Waals surface area contributed by atoms with Crippen LogP contribution in [0.15, 0.2) is 71.5 Å². The number of para-hydroxylation sites is 2. The first-order valence-electron chi connectivity index (χ1n) is 9.68. The molecule has 0 saturated heterocycles. The van der Waals surface area contributed by atoms with Gasteiger partial charge in [-0.3, -0.25) is 9.59 Å². The number of amides is 1. The molecule has 4 nitrogen and oxygen atoms in total. The van der Waals surface area contributed by atoms with E-state index in [1.165, 1.54) is 18.2 Å². The number of halogens is 2. The van der Waals surface area contributed by atoms with E-state index in [-0.39, 0.29) is 29.9 Å². The SMILES string of the molecule is CC(Cc1c(F)cccc1F)NC(=O)Cn1c2ccccc2c(=O)c2ccccc21. The predicted molar refractivity (Wildman–Crippen MR) is 113 cm³/mol. The number of rotatable bonds is 5. The van der Waals surface area contributed by atoms with Crippen molar-refractivity contribution in [3.05, 3.63) is 94.2 Å². The highest BCUT2D eigenvalue weighted by atomic mass is 19.1. The summed E-state index contributed by atoms with van der Waals surface area (Å²) in [6, 6.07) is 17.5. The molecule has 3 aromatic carbocycles. The fourth-order valence-corrected chi connectivity index (χ4v) is 3.80. The van der Waals surface area contributed by atoms with E-state index in [1.54, 1.807) is 47.9 Å². The number of nitrogens with zero attached hydrogens (tertiary/aromatic N) is 1. The van der Waals surface area contributed by atoms with Crippen molar-refractivity contribution in [2.24, 2.45) is 0 Å². The van der Waals surface area contributed by atoms with Crippen molar-refractivity contribution >= 4 is 27.7 Å². The van der Waals surface area contributed by atoms with E-state index in [1.807, 2.05) is 12.1 Å². The molecule has 0 fully saturated rings. The van der Waals surface area contributed by atoms with Crippen molar-refractivity contribution in [3.63, 3.8) is 0 Å². The zero-order chi connectivity index (χ0) is 21.3. The van der Waals surface area contributed by atoms with Gasteiger partial charge in [0.05, 0.1) is 11.0 Å². The first-order chi connectivity index (χ1) is 14.5. The Morgan fingerprint density at radius 2 is 1.43 bits per heavy atom. The second-order valence-corrected chi connectivity index (χ2v) is 7.32. The Hall–Kier alpha value is -3.54. The molecule has 1 N–H and O–H groups in total.